The van der Waals surface area contributed by atoms with Gasteiger partial charge in [0.2, 0.25) is 11.8 Å². The largest absolute Gasteiger partial charge is 0.491 e. The van der Waals surface area contributed by atoms with Gasteiger partial charge in [0.15, 0.2) is 0 Å². The van der Waals surface area contributed by atoms with Gasteiger partial charge in [0.05, 0.1) is 6.54 Å². The summed E-state index contributed by atoms with van der Waals surface area (Å²) in [5.41, 5.74) is 2.16. The molecule has 0 radical (unpaired) electrons. The summed E-state index contributed by atoms with van der Waals surface area (Å²) in [6.45, 7) is 11.4. The lowest BCUT2D eigenvalue weighted by molar-refractivity contribution is -0.133. The molecule has 0 N–H and O–H groups in total. The quantitative estimate of drug-likeness (QED) is 0.735. The number of carbonyl (C=O) groups is 2. The molecule has 1 aromatic carbocycles. The second kappa shape index (κ2) is 10.1. The van der Waals surface area contributed by atoms with Crippen LogP contribution in [-0.4, -0.2) is 71.9 Å². The van der Waals surface area contributed by atoms with E-state index < -0.39 is 0 Å². The second-order valence-corrected chi connectivity index (χ2v) is 8.12. The number of fused-ring (bicyclic) bond motifs is 1. The maximum Gasteiger partial charge on any atom is 0.222 e. The van der Waals surface area contributed by atoms with Crippen LogP contribution in [0.15, 0.2) is 18.2 Å². The highest BCUT2D eigenvalue weighted by molar-refractivity contribution is 5.76. The number of aryl methyl sites for hydroxylation is 1. The third kappa shape index (κ3) is 5.50. The Labute approximate surface area is 174 Å². The van der Waals surface area contributed by atoms with E-state index in [4.69, 9.17) is 4.74 Å². The second-order valence-electron chi connectivity index (χ2n) is 8.12. The Morgan fingerprint density at radius 1 is 1.03 bits per heavy atom. The van der Waals surface area contributed by atoms with E-state index in [9.17, 15) is 9.59 Å². The first-order chi connectivity index (χ1) is 14.0. The van der Waals surface area contributed by atoms with E-state index in [0.717, 1.165) is 49.5 Å². The van der Waals surface area contributed by atoms with Gasteiger partial charge in [-0.15, -0.1) is 0 Å². The molecule has 1 saturated heterocycles. The SMILES string of the molecule is CCC(CC)N1CCN(C(=O)CCc2ccc3c(c2)CN(C(C)=O)CCO3)CC1. The van der Waals surface area contributed by atoms with E-state index in [1.54, 1.807) is 11.8 Å². The van der Waals surface area contributed by atoms with Crippen LogP contribution in [0.2, 0.25) is 0 Å². The molecule has 0 bridgehead atoms. The fraction of sp³-hybridized carbons (Fsp3) is 0.652. The molecule has 3 rings (SSSR count). The highest BCUT2D eigenvalue weighted by Gasteiger charge is 2.24. The van der Waals surface area contributed by atoms with E-state index in [1.807, 2.05) is 17.0 Å². The molecule has 0 saturated carbocycles. The Hall–Kier alpha value is -2.08. The maximum absolute atomic E-state index is 12.7. The first-order valence-electron chi connectivity index (χ1n) is 11.0. The summed E-state index contributed by atoms with van der Waals surface area (Å²) in [4.78, 5) is 30.8. The summed E-state index contributed by atoms with van der Waals surface area (Å²) in [5, 5.41) is 0. The summed E-state index contributed by atoms with van der Waals surface area (Å²) in [6, 6.07) is 6.76. The van der Waals surface area contributed by atoms with Gasteiger partial charge in [-0.1, -0.05) is 26.0 Å². The number of hydrogen-bond acceptors (Lipinski definition) is 4. The van der Waals surface area contributed by atoms with Crippen molar-refractivity contribution in [1.29, 1.82) is 0 Å². The van der Waals surface area contributed by atoms with E-state index in [1.165, 1.54) is 12.8 Å². The van der Waals surface area contributed by atoms with Crippen molar-refractivity contribution in [2.75, 3.05) is 39.3 Å². The third-order valence-electron chi connectivity index (χ3n) is 6.30. The summed E-state index contributed by atoms with van der Waals surface area (Å²) in [5.74, 6) is 1.15. The zero-order valence-electron chi connectivity index (χ0n) is 18.2. The van der Waals surface area contributed by atoms with Crippen LogP contribution in [0.5, 0.6) is 5.75 Å². The number of benzene rings is 1. The summed E-state index contributed by atoms with van der Waals surface area (Å²) < 4.78 is 5.78. The van der Waals surface area contributed by atoms with E-state index in [-0.39, 0.29) is 11.8 Å². The molecular weight excluding hydrogens is 366 g/mol. The Kier molecular flexibility index (Phi) is 7.53. The predicted molar refractivity (Wildman–Crippen MR) is 114 cm³/mol. The first-order valence-corrected chi connectivity index (χ1v) is 11.0. The minimum absolute atomic E-state index is 0.0644. The predicted octanol–water partition coefficient (Wildman–Crippen LogP) is 2.69. The standard InChI is InChI=1S/C23H35N3O3/c1-4-21(5-2)24-10-12-25(13-11-24)23(28)9-7-19-6-8-22-20(16-19)17-26(18(3)27)14-15-29-22/h6,8,16,21H,4-5,7,9-15,17H2,1-3H3. The van der Waals surface area contributed by atoms with Crippen molar-refractivity contribution in [2.45, 2.75) is 59.0 Å². The van der Waals surface area contributed by atoms with Crippen LogP contribution in [0.25, 0.3) is 0 Å². The van der Waals surface area contributed by atoms with Gasteiger partial charge in [-0.3, -0.25) is 14.5 Å². The van der Waals surface area contributed by atoms with Crippen molar-refractivity contribution in [3.05, 3.63) is 29.3 Å². The molecule has 0 aliphatic carbocycles. The molecule has 6 heteroatoms. The van der Waals surface area contributed by atoms with Crippen LogP contribution in [-0.2, 0) is 22.6 Å². The molecule has 0 atom stereocenters. The Bertz CT molecular complexity index is 709. The molecule has 1 fully saturated rings. The molecule has 0 unspecified atom stereocenters. The van der Waals surface area contributed by atoms with Crippen LogP contribution in [0.4, 0.5) is 0 Å². The number of rotatable bonds is 6. The molecular formula is C23H35N3O3. The Balaban J connectivity index is 1.53. The zero-order valence-corrected chi connectivity index (χ0v) is 18.2. The highest BCUT2D eigenvalue weighted by Crippen LogP contribution is 2.25. The number of nitrogens with zero attached hydrogens (tertiary/aromatic N) is 3. The van der Waals surface area contributed by atoms with E-state index in [0.29, 0.717) is 32.2 Å². The van der Waals surface area contributed by atoms with Gasteiger partial charge in [0.1, 0.15) is 12.4 Å². The highest BCUT2D eigenvalue weighted by atomic mass is 16.5. The smallest absolute Gasteiger partial charge is 0.222 e. The Morgan fingerprint density at radius 3 is 2.41 bits per heavy atom. The third-order valence-corrected chi connectivity index (χ3v) is 6.30. The van der Waals surface area contributed by atoms with Crippen LogP contribution in [0.1, 0.15) is 51.2 Å². The molecule has 0 aromatic heterocycles. The molecule has 160 valence electrons. The monoisotopic (exact) mass is 401 g/mol. The normalized spacial score (nSPS) is 17.7. The molecule has 2 aliphatic rings. The van der Waals surface area contributed by atoms with Crippen molar-refractivity contribution in [2.24, 2.45) is 0 Å². The molecule has 2 amide bonds. The lowest BCUT2D eigenvalue weighted by Gasteiger charge is -2.39. The van der Waals surface area contributed by atoms with Gasteiger partial charge < -0.3 is 14.5 Å². The molecule has 6 nitrogen and oxygen atoms in total. The lowest BCUT2D eigenvalue weighted by atomic mass is 10.0. The van der Waals surface area contributed by atoms with Crippen molar-refractivity contribution in [3.63, 3.8) is 0 Å². The van der Waals surface area contributed by atoms with Crippen molar-refractivity contribution < 1.29 is 14.3 Å². The fourth-order valence-corrected chi connectivity index (χ4v) is 4.42. The van der Waals surface area contributed by atoms with Crippen LogP contribution in [0, 0.1) is 0 Å². The summed E-state index contributed by atoms with van der Waals surface area (Å²) in [7, 11) is 0. The average Bonchev–Trinajstić information content (AvgIpc) is 2.95. The topological polar surface area (TPSA) is 53.1 Å². The maximum atomic E-state index is 12.7. The number of ether oxygens (including phenoxy) is 1. The fourth-order valence-electron chi connectivity index (χ4n) is 4.42. The lowest BCUT2D eigenvalue weighted by Crippen LogP contribution is -2.51. The number of carbonyl (C=O) groups excluding carboxylic acids is 2. The molecule has 29 heavy (non-hydrogen) atoms. The Morgan fingerprint density at radius 2 is 1.76 bits per heavy atom. The van der Waals surface area contributed by atoms with E-state index in [2.05, 4.69) is 24.8 Å². The first kappa shape index (κ1) is 21.6. The van der Waals surface area contributed by atoms with Crippen molar-refractivity contribution in [1.82, 2.24) is 14.7 Å². The average molecular weight is 402 g/mol. The van der Waals surface area contributed by atoms with Gasteiger partial charge in [-0.05, 0) is 30.9 Å². The summed E-state index contributed by atoms with van der Waals surface area (Å²) >= 11 is 0. The molecule has 2 heterocycles. The van der Waals surface area contributed by atoms with Crippen molar-refractivity contribution in [3.8, 4) is 5.75 Å². The van der Waals surface area contributed by atoms with Gasteiger partial charge in [0.25, 0.3) is 0 Å². The van der Waals surface area contributed by atoms with Crippen LogP contribution < -0.4 is 4.74 Å². The molecule has 1 aromatic rings. The minimum atomic E-state index is 0.0644. The molecule has 0 spiro atoms. The number of hydrogen-bond donors (Lipinski definition) is 0. The number of amides is 2. The van der Waals surface area contributed by atoms with Crippen molar-refractivity contribution >= 4 is 11.8 Å². The van der Waals surface area contributed by atoms with Crippen LogP contribution in [0.3, 0.4) is 0 Å². The van der Waals surface area contributed by atoms with Crippen LogP contribution >= 0.6 is 0 Å². The zero-order chi connectivity index (χ0) is 20.8. The number of piperazine rings is 1. The van der Waals surface area contributed by atoms with E-state index >= 15 is 0 Å². The van der Waals surface area contributed by atoms with Gasteiger partial charge in [0, 0.05) is 57.7 Å². The summed E-state index contributed by atoms with van der Waals surface area (Å²) in [6.07, 6.45) is 3.60. The molecule has 2 aliphatic heterocycles. The minimum Gasteiger partial charge on any atom is -0.491 e. The van der Waals surface area contributed by atoms with Gasteiger partial charge in [-0.25, -0.2) is 0 Å². The van der Waals surface area contributed by atoms with Gasteiger partial charge >= 0.3 is 0 Å². The van der Waals surface area contributed by atoms with Gasteiger partial charge in [-0.2, -0.15) is 0 Å².